The van der Waals surface area contributed by atoms with Crippen LogP contribution in [0.1, 0.15) is 72.6 Å². The van der Waals surface area contributed by atoms with E-state index in [-0.39, 0.29) is 0 Å². The molecule has 0 spiro atoms. The van der Waals surface area contributed by atoms with Crippen LogP contribution in [0, 0.1) is 11.8 Å². The SMILES string of the molecule is CC(C)/C=C\C1=C(c2cccc(C3=Cc4c(oc5ccccc45)C4CCC=CC34)c2)c2ccccc2CC1. The molecule has 3 aliphatic carbocycles. The van der Waals surface area contributed by atoms with Crippen molar-refractivity contribution in [2.24, 2.45) is 11.8 Å². The summed E-state index contributed by atoms with van der Waals surface area (Å²) in [7, 11) is 0. The first-order chi connectivity index (χ1) is 18.7. The molecular weight excluding hydrogens is 460 g/mol. The summed E-state index contributed by atoms with van der Waals surface area (Å²) in [6.07, 6.45) is 16.4. The average Bonchev–Trinajstić information content (AvgIpc) is 3.34. The van der Waals surface area contributed by atoms with Gasteiger partial charge in [-0.05, 0) is 88.8 Å². The number of rotatable bonds is 4. The fourth-order valence-electron chi connectivity index (χ4n) is 6.70. The molecule has 3 aromatic carbocycles. The van der Waals surface area contributed by atoms with E-state index in [0.29, 0.717) is 17.8 Å². The van der Waals surface area contributed by atoms with E-state index in [1.165, 1.54) is 55.7 Å². The molecule has 1 nitrogen and oxygen atoms in total. The molecule has 0 bridgehead atoms. The highest BCUT2D eigenvalue weighted by Crippen LogP contribution is 2.50. The van der Waals surface area contributed by atoms with Gasteiger partial charge in [-0.3, -0.25) is 0 Å². The Bertz CT molecular complexity index is 1650. The maximum absolute atomic E-state index is 6.47. The second-order valence-corrected chi connectivity index (χ2v) is 11.4. The van der Waals surface area contributed by atoms with Crippen LogP contribution in [0.4, 0.5) is 0 Å². The third kappa shape index (κ3) is 3.93. The van der Waals surface area contributed by atoms with Crippen LogP contribution >= 0.6 is 0 Å². The highest BCUT2D eigenvalue weighted by atomic mass is 16.3. The zero-order valence-corrected chi connectivity index (χ0v) is 22.3. The van der Waals surface area contributed by atoms with Crippen LogP contribution in [0.2, 0.25) is 0 Å². The number of hydrogen-bond donors (Lipinski definition) is 0. The van der Waals surface area contributed by atoms with Crippen LogP contribution in [0.15, 0.2) is 107 Å². The maximum atomic E-state index is 6.47. The largest absolute Gasteiger partial charge is 0.460 e. The molecule has 0 saturated carbocycles. The van der Waals surface area contributed by atoms with E-state index in [2.05, 4.69) is 117 Å². The summed E-state index contributed by atoms with van der Waals surface area (Å²) < 4.78 is 6.47. The molecule has 0 amide bonds. The molecule has 3 aliphatic rings. The fourth-order valence-corrected chi connectivity index (χ4v) is 6.70. The number of furan rings is 1. The van der Waals surface area contributed by atoms with Crippen molar-refractivity contribution in [3.8, 4) is 0 Å². The van der Waals surface area contributed by atoms with Gasteiger partial charge in [-0.2, -0.15) is 0 Å². The van der Waals surface area contributed by atoms with E-state index < -0.39 is 0 Å². The van der Waals surface area contributed by atoms with Crippen LogP contribution in [0.5, 0.6) is 0 Å². The Labute approximate surface area is 225 Å². The first-order valence-electron chi connectivity index (χ1n) is 14.2. The normalized spacial score (nSPS) is 20.6. The molecule has 1 heteroatoms. The molecule has 0 N–H and O–H groups in total. The standard InChI is InChI=1S/C37H34O/c1-24(2)18-19-26-21-20-25-10-3-4-13-29(25)36(26)28-12-9-11-27(22-28)33-23-34-31-15-7-8-17-35(31)38-37(34)32-16-6-5-14-30(32)33/h3-5,7-15,17-19,22-24,30,32H,6,16,20-21H2,1-2H3/b19-18-. The maximum Gasteiger partial charge on any atom is 0.134 e. The molecule has 0 aliphatic heterocycles. The summed E-state index contributed by atoms with van der Waals surface area (Å²) in [5.41, 5.74) is 12.0. The lowest BCUT2D eigenvalue weighted by molar-refractivity contribution is 0.426. The van der Waals surface area contributed by atoms with Crippen molar-refractivity contribution in [3.05, 3.63) is 136 Å². The first kappa shape index (κ1) is 23.3. The molecule has 0 saturated heterocycles. The van der Waals surface area contributed by atoms with E-state index in [9.17, 15) is 0 Å². The first-order valence-corrected chi connectivity index (χ1v) is 14.2. The molecule has 1 aromatic heterocycles. The number of allylic oxidation sites excluding steroid dienone is 6. The van der Waals surface area contributed by atoms with Gasteiger partial charge in [0, 0.05) is 22.8 Å². The van der Waals surface area contributed by atoms with Gasteiger partial charge in [-0.15, -0.1) is 0 Å². The number of aryl methyl sites for hydroxylation is 1. The van der Waals surface area contributed by atoms with Crippen LogP contribution in [-0.4, -0.2) is 0 Å². The van der Waals surface area contributed by atoms with Gasteiger partial charge in [0.2, 0.25) is 0 Å². The Morgan fingerprint density at radius 1 is 0.895 bits per heavy atom. The molecule has 1 heterocycles. The molecule has 7 rings (SSSR count). The van der Waals surface area contributed by atoms with E-state index in [4.69, 9.17) is 4.42 Å². The monoisotopic (exact) mass is 494 g/mol. The Hall–Kier alpha value is -3.84. The number of para-hydroxylation sites is 1. The van der Waals surface area contributed by atoms with Crippen molar-refractivity contribution in [2.75, 3.05) is 0 Å². The van der Waals surface area contributed by atoms with Crippen LogP contribution in [-0.2, 0) is 6.42 Å². The van der Waals surface area contributed by atoms with E-state index in [1.54, 1.807) is 0 Å². The summed E-state index contributed by atoms with van der Waals surface area (Å²) in [5.74, 6) is 2.45. The third-order valence-corrected chi connectivity index (χ3v) is 8.52. The summed E-state index contributed by atoms with van der Waals surface area (Å²) in [6.45, 7) is 4.51. The zero-order valence-electron chi connectivity index (χ0n) is 22.3. The summed E-state index contributed by atoms with van der Waals surface area (Å²) in [4.78, 5) is 0. The zero-order chi connectivity index (χ0) is 25.6. The number of hydrogen-bond acceptors (Lipinski definition) is 1. The summed E-state index contributed by atoms with van der Waals surface area (Å²) in [5, 5.41) is 1.23. The van der Waals surface area contributed by atoms with Gasteiger partial charge in [-0.25, -0.2) is 0 Å². The molecule has 0 fully saturated rings. The van der Waals surface area contributed by atoms with E-state index >= 15 is 0 Å². The van der Waals surface area contributed by atoms with Gasteiger partial charge in [-0.1, -0.05) is 98.8 Å². The molecule has 38 heavy (non-hydrogen) atoms. The Morgan fingerprint density at radius 2 is 1.74 bits per heavy atom. The lowest BCUT2D eigenvalue weighted by Crippen LogP contribution is -2.19. The van der Waals surface area contributed by atoms with E-state index in [1.807, 2.05) is 0 Å². The van der Waals surface area contributed by atoms with Crippen molar-refractivity contribution >= 4 is 28.2 Å². The topological polar surface area (TPSA) is 13.1 Å². The van der Waals surface area contributed by atoms with Crippen LogP contribution in [0.25, 0.3) is 28.2 Å². The number of fused-ring (bicyclic) bond motifs is 6. The van der Waals surface area contributed by atoms with Gasteiger partial charge in [0.05, 0.1) is 0 Å². The molecule has 188 valence electrons. The molecule has 2 atom stereocenters. The summed E-state index contributed by atoms with van der Waals surface area (Å²) in [6, 6.07) is 26.8. The lowest BCUT2D eigenvalue weighted by atomic mass is 9.71. The Kier molecular flexibility index (Phi) is 5.81. The van der Waals surface area contributed by atoms with Crippen molar-refractivity contribution in [2.45, 2.75) is 45.4 Å². The molecule has 4 aromatic rings. The minimum atomic E-state index is 0.347. The van der Waals surface area contributed by atoms with Gasteiger partial charge in [0.1, 0.15) is 11.3 Å². The quantitative estimate of drug-likeness (QED) is 0.257. The van der Waals surface area contributed by atoms with Crippen LogP contribution in [0.3, 0.4) is 0 Å². The minimum Gasteiger partial charge on any atom is -0.460 e. The second-order valence-electron chi connectivity index (χ2n) is 11.4. The second kappa shape index (κ2) is 9.48. The van der Waals surface area contributed by atoms with Gasteiger partial charge < -0.3 is 4.42 Å². The molecular formula is C37H34O. The highest BCUT2D eigenvalue weighted by molar-refractivity contribution is 5.98. The predicted octanol–water partition coefficient (Wildman–Crippen LogP) is 10.00. The summed E-state index contributed by atoms with van der Waals surface area (Å²) >= 11 is 0. The van der Waals surface area contributed by atoms with Crippen molar-refractivity contribution in [1.82, 2.24) is 0 Å². The van der Waals surface area contributed by atoms with Gasteiger partial charge >= 0.3 is 0 Å². The third-order valence-electron chi connectivity index (χ3n) is 8.52. The van der Waals surface area contributed by atoms with Crippen LogP contribution < -0.4 is 0 Å². The minimum absolute atomic E-state index is 0.347. The van der Waals surface area contributed by atoms with Crippen molar-refractivity contribution < 1.29 is 4.42 Å². The predicted molar refractivity (Wildman–Crippen MR) is 160 cm³/mol. The Morgan fingerprint density at radius 3 is 2.66 bits per heavy atom. The molecule has 2 unspecified atom stereocenters. The van der Waals surface area contributed by atoms with Crippen molar-refractivity contribution in [3.63, 3.8) is 0 Å². The van der Waals surface area contributed by atoms with Gasteiger partial charge in [0.15, 0.2) is 0 Å². The average molecular weight is 495 g/mol. The smallest absolute Gasteiger partial charge is 0.134 e. The van der Waals surface area contributed by atoms with Crippen molar-refractivity contribution in [1.29, 1.82) is 0 Å². The number of benzene rings is 3. The highest BCUT2D eigenvalue weighted by Gasteiger charge is 2.36. The Balaban J connectivity index is 1.40. The van der Waals surface area contributed by atoms with E-state index in [0.717, 1.165) is 31.3 Å². The lowest BCUT2D eigenvalue weighted by Gasteiger charge is -2.33. The van der Waals surface area contributed by atoms with Gasteiger partial charge in [0.25, 0.3) is 0 Å². The fraction of sp³-hybridized carbons (Fsp3) is 0.243. The molecule has 0 radical (unpaired) electrons.